The molecule has 2 rings (SSSR count). The first-order valence-corrected chi connectivity index (χ1v) is 5.58. The second kappa shape index (κ2) is 5.10. The van der Waals surface area contributed by atoms with Crippen molar-refractivity contribution >= 4 is 18.3 Å². The summed E-state index contributed by atoms with van der Waals surface area (Å²) in [6.07, 6.45) is 2.55. The van der Waals surface area contributed by atoms with Gasteiger partial charge in [-0.3, -0.25) is 4.79 Å². The third-order valence-electron chi connectivity index (χ3n) is 3.07. The lowest BCUT2D eigenvalue weighted by Gasteiger charge is -2.19. The van der Waals surface area contributed by atoms with E-state index in [9.17, 15) is 4.79 Å². The quantitative estimate of drug-likeness (QED) is 0.883. The zero-order valence-electron chi connectivity index (χ0n) is 10.2. The molecule has 1 amide bonds. The Morgan fingerprint density at radius 2 is 2.29 bits per heavy atom. The number of halogens is 1. The van der Waals surface area contributed by atoms with Gasteiger partial charge in [0.1, 0.15) is 12.0 Å². The van der Waals surface area contributed by atoms with Gasteiger partial charge in [0, 0.05) is 13.1 Å². The van der Waals surface area contributed by atoms with Crippen LogP contribution < -0.4 is 5.73 Å². The summed E-state index contributed by atoms with van der Waals surface area (Å²) in [7, 11) is 0. The third-order valence-corrected chi connectivity index (χ3v) is 3.07. The molecule has 1 aliphatic rings. The molecule has 0 saturated carbocycles. The summed E-state index contributed by atoms with van der Waals surface area (Å²) in [6.45, 7) is 6.34. The highest BCUT2D eigenvalue weighted by atomic mass is 35.5. The Labute approximate surface area is 108 Å². The Bertz CT molecular complexity index is 401. The molecule has 0 unspecified atom stereocenters. The van der Waals surface area contributed by atoms with Crippen LogP contribution in [0.3, 0.4) is 0 Å². The molecule has 0 atom stereocenters. The molecule has 0 radical (unpaired) electrons. The number of hydrogen-bond donors (Lipinski definition) is 1. The van der Waals surface area contributed by atoms with Gasteiger partial charge in [-0.25, -0.2) is 0 Å². The molecule has 1 saturated heterocycles. The van der Waals surface area contributed by atoms with Crippen molar-refractivity contribution in [3.8, 4) is 0 Å². The van der Waals surface area contributed by atoms with Gasteiger partial charge in [0.05, 0.1) is 12.1 Å². The second-order valence-electron chi connectivity index (χ2n) is 5.15. The summed E-state index contributed by atoms with van der Waals surface area (Å²) < 4.78 is 5.17. The fourth-order valence-corrected chi connectivity index (χ4v) is 2.07. The van der Waals surface area contributed by atoms with E-state index in [1.807, 2.05) is 4.90 Å². The minimum Gasteiger partial charge on any atom is -0.467 e. The van der Waals surface area contributed by atoms with Gasteiger partial charge >= 0.3 is 0 Å². The van der Waals surface area contributed by atoms with Crippen LogP contribution in [-0.4, -0.2) is 23.9 Å². The zero-order valence-corrected chi connectivity index (χ0v) is 11.0. The van der Waals surface area contributed by atoms with Crippen LogP contribution in [0, 0.1) is 5.41 Å². The lowest BCUT2D eigenvalue weighted by molar-refractivity contribution is 0.0777. The Balaban J connectivity index is 0.00000144. The van der Waals surface area contributed by atoms with Crippen molar-refractivity contribution in [2.24, 2.45) is 11.1 Å². The van der Waals surface area contributed by atoms with Crippen LogP contribution >= 0.6 is 12.4 Å². The van der Waals surface area contributed by atoms with Gasteiger partial charge in [0.25, 0.3) is 5.91 Å². The fraction of sp³-hybridized carbons (Fsp3) is 0.583. The van der Waals surface area contributed by atoms with Crippen LogP contribution in [0.1, 0.15) is 36.4 Å². The standard InChI is InChI=1S/C12H18N2O2.ClH/c1-12(2)3-4-14(8-12)11(15)9-5-10(6-13)16-7-9;/h5,7H,3-4,6,8,13H2,1-2H3;1H. The lowest BCUT2D eigenvalue weighted by Crippen LogP contribution is -2.29. The SMILES string of the molecule is CC1(C)CCN(C(=O)c2coc(CN)c2)C1.Cl. The highest BCUT2D eigenvalue weighted by Crippen LogP contribution is 2.29. The van der Waals surface area contributed by atoms with Crippen LogP contribution in [0.5, 0.6) is 0 Å². The van der Waals surface area contributed by atoms with Crippen LogP contribution in [0.2, 0.25) is 0 Å². The van der Waals surface area contributed by atoms with E-state index in [2.05, 4.69) is 13.8 Å². The van der Waals surface area contributed by atoms with Gasteiger partial charge in [-0.15, -0.1) is 12.4 Å². The molecule has 0 aliphatic carbocycles. The minimum absolute atomic E-state index is 0. The number of nitrogens with zero attached hydrogens (tertiary/aromatic N) is 1. The Kier molecular flexibility index (Phi) is 4.22. The number of nitrogens with two attached hydrogens (primary N) is 1. The smallest absolute Gasteiger partial charge is 0.257 e. The average Bonchev–Trinajstić information content (AvgIpc) is 2.83. The number of carbonyl (C=O) groups is 1. The summed E-state index contributed by atoms with van der Waals surface area (Å²) >= 11 is 0. The van der Waals surface area contributed by atoms with Crippen LogP contribution in [0.25, 0.3) is 0 Å². The maximum atomic E-state index is 12.1. The summed E-state index contributed by atoms with van der Waals surface area (Å²) in [5.41, 5.74) is 6.28. The van der Waals surface area contributed by atoms with Crippen molar-refractivity contribution in [2.75, 3.05) is 13.1 Å². The van der Waals surface area contributed by atoms with Crippen molar-refractivity contribution in [1.82, 2.24) is 4.90 Å². The Morgan fingerprint density at radius 1 is 1.59 bits per heavy atom. The molecule has 1 fully saturated rings. The summed E-state index contributed by atoms with van der Waals surface area (Å²) in [6, 6.07) is 1.73. The van der Waals surface area contributed by atoms with Crippen molar-refractivity contribution in [3.05, 3.63) is 23.7 Å². The highest BCUT2D eigenvalue weighted by molar-refractivity contribution is 5.94. The minimum atomic E-state index is 0. The first kappa shape index (κ1) is 14.1. The predicted molar refractivity (Wildman–Crippen MR) is 68.1 cm³/mol. The molecule has 1 aliphatic heterocycles. The molecule has 1 aromatic rings. The first-order valence-electron chi connectivity index (χ1n) is 5.58. The second-order valence-corrected chi connectivity index (χ2v) is 5.15. The van der Waals surface area contributed by atoms with E-state index in [1.54, 1.807) is 6.07 Å². The number of rotatable bonds is 2. The first-order chi connectivity index (χ1) is 7.52. The number of likely N-dealkylation sites (tertiary alicyclic amines) is 1. The van der Waals surface area contributed by atoms with Crippen LogP contribution in [0.15, 0.2) is 16.7 Å². The van der Waals surface area contributed by atoms with E-state index in [0.29, 0.717) is 17.9 Å². The third kappa shape index (κ3) is 3.01. The largest absolute Gasteiger partial charge is 0.467 e. The van der Waals surface area contributed by atoms with E-state index in [-0.39, 0.29) is 23.7 Å². The topological polar surface area (TPSA) is 59.5 Å². The van der Waals surface area contributed by atoms with E-state index < -0.39 is 0 Å². The normalized spacial score (nSPS) is 17.9. The summed E-state index contributed by atoms with van der Waals surface area (Å²) in [5.74, 6) is 0.704. The average molecular weight is 259 g/mol. The Morgan fingerprint density at radius 3 is 2.76 bits per heavy atom. The van der Waals surface area contributed by atoms with E-state index in [4.69, 9.17) is 10.2 Å². The fourth-order valence-electron chi connectivity index (χ4n) is 2.07. The monoisotopic (exact) mass is 258 g/mol. The maximum absolute atomic E-state index is 12.1. The zero-order chi connectivity index (χ0) is 11.8. The lowest BCUT2D eigenvalue weighted by atomic mass is 9.93. The van der Waals surface area contributed by atoms with Gasteiger partial charge < -0.3 is 15.1 Å². The van der Waals surface area contributed by atoms with Gasteiger partial charge in [-0.2, -0.15) is 0 Å². The summed E-state index contributed by atoms with van der Waals surface area (Å²) in [5, 5.41) is 0. The van der Waals surface area contributed by atoms with Gasteiger partial charge in [-0.05, 0) is 17.9 Å². The number of carbonyl (C=O) groups excluding carboxylic acids is 1. The molecule has 1 aromatic heterocycles. The molecular weight excluding hydrogens is 240 g/mol. The molecular formula is C12H19ClN2O2. The van der Waals surface area contributed by atoms with Gasteiger partial charge in [0.15, 0.2) is 0 Å². The van der Waals surface area contributed by atoms with Crippen molar-refractivity contribution in [3.63, 3.8) is 0 Å². The molecule has 4 nitrogen and oxygen atoms in total. The molecule has 0 spiro atoms. The van der Waals surface area contributed by atoms with Crippen LogP contribution in [0.4, 0.5) is 0 Å². The molecule has 0 aromatic carbocycles. The van der Waals surface area contributed by atoms with E-state index in [0.717, 1.165) is 19.5 Å². The van der Waals surface area contributed by atoms with Gasteiger partial charge in [-0.1, -0.05) is 13.8 Å². The van der Waals surface area contributed by atoms with Gasteiger partial charge in [0.2, 0.25) is 0 Å². The number of hydrogen-bond acceptors (Lipinski definition) is 3. The van der Waals surface area contributed by atoms with Crippen molar-refractivity contribution in [2.45, 2.75) is 26.8 Å². The number of furan rings is 1. The molecule has 5 heteroatoms. The maximum Gasteiger partial charge on any atom is 0.257 e. The van der Waals surface area contributed by atoms with E-state index in [1.165, 1.54) is 6.26 Å². The Hall–Kier alpha value is -1.00. The summed E-state index contributed by atoms with van der Waals surface area (Å²) in [4.78, 5) is 14.0. The molecule has 0 bridgehead atoms. The van der Waals surface area contributed by atoms with Crippen molar-refractivity contribution < 1.29 is 9.21 Å². The predicted octanol–water partition coefficient (Wildman–Crippen LogP) is 2.03. The van der Waals surface area contributed by atoms with Crippen LogP contribution in [-0.2, 0) is 6.54 Å². The molecule has 2 heterocycles. The molecule has 17 heavy (non-hydrogen) atoms. The molecule has 2 N–H and O–H groups in total. The van der Waals surface area contributed by atoms with E-state index >= 15 is 0 Å². The molecule has 96 valence electrons. The number of amides is 1. The van der Waals surface area contributed by atoms with Crippen molar-refractivity contribution in [1.29, 1.82) is 0 Å². The highest BCUT2D eigenvalue weighted by Gasteiger charge is 2.32.